The number of hydrogen-bond donors (Lipinski definition) is 1. The van der Waals surface area contributed by atoms with E-state index in [4.69, 9.17) is 10.5 Å². The van der Waals surface area contributed by atoms with Gasteiger partial charge in [0.15, 0.2) is 0 Å². The molecule has 1 aliphatic heterocycles. The van der Waals surface area contributed by atoms with Crippen molar-refractivity contribution in [3.63, 3.8) is 0 Å². The summed E-state index contributed by atoms with van der Waals surface area (Å²) in [6, 6.07) is 5.20. The molecular weight excluding hydrogens is 328 g/mol. The number of aromatic nitrogens is 2. The number of amides is 2. The standard InChI is InChI=1S/C16H18N4O3S/c17-15(21)13-3-1-2-12(19-13)6-11-7-20(4-5-23-8-11)16(22)14-9-24-10-18-14/h1-3,9-11H,4-8H2,(H2,17,21)/t11-/m0/s1. The first-order valence-corrected chi connectivity index (χ1v) is 8.58. The molecule has 1 aliphatic rings. The highest BCUT2D eigenvalue weighted by atomic mass is 32.1. The maximum atomic E-state index is 12.5. The second-order valence-electron chi connectivity index (χ2n) is 5.65. The molecule has 1 fully saturated rings. The molecule has 0 aromatic carbocycles. The van der Waals surface area contributed by atoms with Crippen LogP contribution in [0, 0.1) is 5.92 Å². The molecule has 0 spiro atoms. The minimum Gasteiger partial charge on any atom is -0.379 e. The predicted molar refractivity (Wildman–Crippen MR) is 88.8 cm³/mol. The molecule has 1 saturated heterocycles. The van der Waals surface area contributed by atoms with E-state index in [1.54, 1.807) is 27.9 Å². The zero-order valence-corrected chi connectivity index (χ0v) is 13.9. The number of primary amides is 1. The monoisotopic (exact) mass is 346 g/mol. The molecular formula is C16H18N4O3S. The lowest BCUT2D eigenvalue weighted by atomic mass is 10.0. The Kier molecular flexibility index (Phi) is 5.17. The number of nitrogens with two attached hydrogens (primary N) is 1. The third-order valence-electron chi connectivity index (χ3n) is 3.83. The van der Waals surface area contributed by atoms with Crippen LogP contribution in [0.1, 0.15) is 26.7 Å². The fourth-order valence-electron chi connectivity index (χ4n) is 2.69. The summed E-state index contributed by atoms with van der Waals surface area (Å²) in [4.78, 5) is 33.9. The van der Waals surface area contributed by atoms with Gasteiger partial charge in [-0.15, -0.1) is 11.3 Å². The maximum Gasteiger partial charge on any atom is 0.273 e. The van der Waals surface area contributed by atoms with Crippen molar-refractivity contribution in [2.24, 2.45) is 11.7 Å². The number of carbonyl (C=O) groups is 2. The van der Waals surface area contributed by atoms with E-state index in [0.29, 0.717) is 38.4 Å². The van der Waals surface area contributed by atoms with Crippen LogP contribution in [0.5, 0.6) is 0 Å². The molecule has 8 heteroatoms. The molecule has 7 nitrogen and oxygen atoms in total. The van der Waals surface area contributed by atoms with Crippen LogP contribution in [0.2, 0.25) is 0 Å². The number of hydrogen-bond acceptors (Lipinski definition) is 6. The molecule has 2 N–H and O–H groups in total. The van der Waals surface area contributed by atoms with E-state index in [1.807, 2.05) is 6.07 Å². The number of ether oxygens (including phenoxy) is 1. The van der Waals surface area contributed by atoms with Crippen molar-refractivity contribution >= 4 is 23.2 Å². The first kappa shape index (κ1) is 16.5. The van der Waals surface area contributed by atoms with Crippen LogP contribution >= 0.6 is 11.3 Å². The fourth-order valence-corrected chi connectivity index (χ4v) is 3.22. The van der Waals surface area contributed by atoms with E-state index in [-0.39, 0.29) is 17.5 Å². The number of pyridine rings is 1. The van der Waals surface area contributed by atoms with E-state index in [9.17, 15) is 9.59 Å². The van der Waals surface area contributed by atoms with E-state index in [2.05, 4.69) is 9.97 Å². The normalized spacial score (nSPS) is 18.2. The third kappa shape index (κ3) is 3.95. The molecule has 2 aromatic rings. The Morgan fingerprint density at radius 2 is 2.25 bits per heavy atom. The first-order valence-electron chi connectivity index (χ1n) is 7.64. The van der Waals surface area contributed by atoms with Crippen LogP contribution in [0.3, 0.4) is 0 Å². The van der Waals surface area contributed by atoms with Gasteiger partial charge in [0.25, 0.3) is 11.8 Å². The Labute approximate surface area is 143 Å². The van der Waals surface area contributed by atoms with Gasteiger partial charge in [-0.25, -0.2) is 9.97 Å². The summed E-state index contributed by atoms with van der Waals surface area (Å²) in [6.07, 6.45) is 0.613. The highest BCUT2D eigenvalue weighted by molar-refractivity contribution is 7.07. The van der Waals surface area contributed by atoms with Crippen LogP contribution in [-0.4, -0.2) is 53.0 Å². The minimum atomic E-state index is -0.547. The van der Waals surface area contributed by atoms with E-state index in [1.165, 1.54) is 11.3 Å². The molecule has 0 radical (unpaired) electrons. The summed E-state index contributed by atoms with van der Waals surface area (Å²) < 4.78 is 5.62. The summed E-state index contributed by atoms with van der Waals surface area (Å²) in [5.74, 6) is -0.523. The van der Waals surface area contributed by atoms with Crippen LogP contribution < -0.4 is 5.73 Å². The molecule has 3 rings (SSSR count). The van der Waals surface area contributed by atoms with Crippen LogP contribution in [0.25, 0.3) is 0 Å². The summed E-state index contributed by atoms with van der Waals surface area (Å²) in [5, 5.41) is 1.75. The number of rotatable bonds is 4. The largest absolute Gasteiger partial charge is 0.379 e. The molecule has 1 atom stereocenters. The second-order valence-corrected chi connectivity index (χ2v) is 6.37. The summed E-state index contributed by atoms with van der Waals surface area (Å²) in [6.45, 7) is 2.16. The summed E-state index contributed by atoms with van der Waals surface area (Å²) >= 11 is 1.40. The van der Waals surface area contributed by atoms with E-state index >= 15 is 0 Å². The average molecular weight is 346 g/mol. The van der Waals surface area contributed by atoms with Gasteiger partial charge in [-0.3, -0.25) is 9.59 Å². The van der Waals surface area contributed by atoms with Gasteiger partial charge in [-0.1, -0.05) is 6.07 Å². The van der Waals surface area contributed by atoms with Gasteiger partial charge in [0, 0.05) is 30.1 Å². The van der Waals surface area contributed by atoms with Gasteiger partial charge in [-0.2, -0.15) is 0 Å². The van der Waals surface area contributed by atoms with E-state index < -0.39 is 5.91 Å². The highest BCUT2D eigenvalue weighted by Gasteiger charge is 2.25. The third-order valence-corrected chi connectivity index (χ3v) is 4.42. The Hall–Kier alpha value is -2.32. The number of thiazole rings is 1. The number of carbonyl (C=O) groups excluding carboxylic acids is 2. The molecule has 2 aromatic heterocycles. The quantitative estimate of drug-likeness (QED) is 0.889. The molecule has 24 heavy (non-hydrogen) atoms. The minimum absolute atomic E-state index is 0.0782. The van der Waals surface area contributed by atoms with Gasteiger partial charge in [0.1, 0.15) is 11.4 Å². The lowest BCUT2D eigenvalue weighted by molar-refractivity contribution is 0.0732. The Balaban J connectivity index is 1.70. The Morgan fingerprint density at radius 1 is 1.38 bits per heavy atom. The lowest BCUT2D eigenvalue weighted by Gasteiger charge is -2.22. The van der Waals surface area contributed by atoms with Crippen LogP contribution in [0.15, 0.2) is 29.1 Å². The molecule has 0 saturated carbocycles. The van der Waals surface area contributed by atoms with Gasteiger partial charge in [0.2, 0.25) is 0 Å². The van der Waals surface area contributed by atoms with Crippen molar-refractivity contribution in [2.75, 3.05) is 26.3 Å². The topological polar surface area (TPSA) is 98.4 Å². The van der Waals surface area contributed by atoms with Crippen molar-refractivity contribution in [2.45, 2.75) is 6.42 Å². The summed E-state index contributed by atoms with van der Waals surface area (Å²) in [7, 11) is 0. The number of nitrogens with zero attached hydrogens (tertiary/aromatic N) is 3. The van der Waals surface area contributed by atoms with E-state index in [0.717, 1.165) is 5.69 Å². The molecule has 3 heterocycles. The van der Waals surface area contributed by atoms with Gasteiger partial charge in [-0.05, 0) is 18.6 Å². The Morgan fingerprint density at radius 3 is 3.00 bits per heavy atom. The zero-order valence-electron chi connectivity index (χ0n) is 13.1. The van der Waals surface area contributed by atoms with Crippen LogP contribution in [0.4, 0.5) is 0 Å². The molecule has 126 valence electrons. The summed E-state index contributed by atoms with van der Waals surface area (Å²) in [5.41, 5.74) is 8.40. The van der Waals surface area contributed by atoms with Crippen molar-refractivity contribution in [1.82, 2.24) is 14.9 Å². The Bertz CT molecular complexity index is 720. The van der Waals surface area contributed by atoms with Crippen molar-refractivity contribution in [3.05, 3.63) is 46.2 Å². The van der Waals surface area contributed by atoms with Crippen molar-refractivity contribution in [3.8, 4) is 0 Å². The molecule has 0 aliphatic carbocycles. The second kappa shape index (κ2) is 7.50. The first-order chi connectivity index (χ1) is 11.6. The van der Waals surface area contributed by atoms with Gasteiger partial charge < -0.3 is 15.4 Å². The lowest BCUT2D eigenvalue weighted by Crippen LogP contribution is -2.36. The van der Waals surface area contributed by atoms with Gasteiger partial charge in [0.05, 0.1) is 18.7 Å². The van der Waals surface area contributed by atoms with Crippen LogP contribution in [-0.2, 0) is 11.2 Å². The molecule has 0 unspecified atom stereocenters. The highest BCUT2D eigenvalue weighted by Crippen LogP contribution is 2.15. The zero-order chi connectivity index (χ0) is 16.9. The smallest absolute Gasteiger partial charge is 0.273 e. The predicted octanol–water partition coefficient (Wildman–Crippen LogP) is 0.968. The SMILES string of the molecule is NC(=O)c1cccc(C[C@@H]2COCCN(C(=O)c3cscn3)C2)n1. The van der Waals surface area contributed by atoms with Crippen molar-refractivity contribution in [1.29, 1.82) is 0 Å². The van der Waals surface area contributed by atoms with Crippen molar-refractivity contribution < 1.29 is 14.3 Å². The molecule has 0 bridgehead atoms. The average Bonchev–Trinajstić information content (AvgIpc) is 3.02. The van der Waals surface area contributed by atoms with Gasteiger partial charge >= 0.3 is 0 Å². The fraction of sp³-hybridized carbons (Fsp3) is 0.375. The maximum absolute atomic E-state index is 12.5. The molecule has 2 amide bonds.